The maximum absolute atomic E-state index is 4.83. The summed E-state index contributed by atoms with van der Waals surface area (Å²) in [5.41, 5.74) is 5.78. The average Bonchev–Trinajstić information content (AvgIpc) is 3.34. The smallest absolute Gasteiger partial charge is 0.192 e. The molecular formula is C23H22N4S2. The highest BCUT2D eigenvalue weighted by atomic mass is 32.2. The van der Waals surface area contributed by atoms with Crippen LogP contribution < -0.4 is 0 Å². The molecule has 0 fully saturated rings. The van der Waals surface area contributed by atoms with E-state index < -0.39 is 0 Å². The molecule has 0 aliphatic rings. The third kappa shape index (κ3) is 4.33. The van der Waals surface area contributed by atoms with Gasteiger partial charge < -0.3 is 0 Å². The molecule has 0 saturated carbocycles. The van der Waals surface area contributed by atoms with Crippen molar-refractivity contribution in [2.24, 2.45) is 0 Å². The summed E-state index contributed by atoms with van der Waals surface area (Å²) >= 11 is 3.34. The Morgan fingerprint density at radius 2 is 1.97 bits per heavy atom. The molecule has 146 valence electrons. The zero-order valence-electron chi connectivity index (χ0n) is 16.5. The van der Waals surface area contributed by atoms with Gasteiger partial charge in [0.1, 0.15) is 5.01 Å². The number of aryl methyl sites for hydroxylation is 2. The first-order valence-corrected chi connectivity index (χ1v) is 11.3. The van der Waals surface area contributed by atoms with E-state index in [9.17, 15) is 0 Å². The Hall–Kier alpha value is -2.70. The molecule has 2 aromatic carbocycles. The number of hydrogen-bond donors (Lipinski definition) is 0. The molecule has 0 N–H and O–H groups in total. The first-order chi connectivity index (χ1) is 14.2. The van der Waals surface area contributed by atoms with Crippen LogP contribution in [-0.4, -0.2) is 19.7 Å². The van der Waals surface area contributed by atoms with Crippen LogP contribution in [0.1, 0.15) is 16.8 Å². The molecular weight excluding hydrogens is 396 g/mol. The molecule has 0 saturated heterocycles. The van der Waals surface area contributed by atoms with Crippen LogP contribution in [0, 0.1) is 13.8 Å². The van der Waals surface area contributed by atoms with Crippen molar-refractivity contribution >= 4 is 23.1 Å². The summed E-state index contributed by atoms with van der Waals surface area (Å²) in [6, 6.07) is 16.7. The maximum Gasteiger partial charge on any atom is 0.192 e. The molecule has 4 nitrogen and oxygen atoms in total. The Morgan fingerprint density at radius 1 is 1.10 bits per heavy atom. The second kappa shape index (κ2) is 8.76. The SMILES string of the molecule is C=CCn1c(SCc2csc(-c3ccccc3C)n2)nnc1-c1cccc(C)c1. The van der Waals surface area contributed by atoms with Crippen LogP contribution in [0.3, 0.4) is 0 Å². The fraction of sp³-hybridized carbons (Fsp3) is 0.174. The molecule has 6 heteroatoms. The van der Waals surface area contributed by atoms with Crippen molar-refractivity contribution in [1.82, 2.24) is 19.7 Å². The van der Waals surface area contributed by atoms with Crippen molar-refractivity contribution in [3.63, 3.8) is 0 Å². The highest BCUT2D eigenvalue weighted by Gasteiger charge is 2.15. The molecule has 0 radical (unpaired) electrons. The van der Waals surface area contributed by atoms with Gasteiger partial charge in [-0.2, -0.15) is 0 Å². The van der Waals surface area contributed by atoms with Gasteiger partial charge in [-0.25, -0.2) is 4.98 Å². The molecule has 0 aliphatic heterocycles. The monoisotopic (exact) mass is 418 g/mol. The zero-order chi connectivity index (χ0) is 20.2. The zero-order valence-corrected chi connectivity index (χ0v) is 18.1. The van der Waals surface area contributed by atoms with E-state index in [1.807, 2.05) is 12.1 Å². The Bertz CT molecular complexity index is 1140. The quantitative estimate of drug-likeness (QED) is 0.266. The molecule has 0 bridgehead atoms. The first-order valence-electron chi connectivity index (χ1n) is 9.40. The number of rotatable bonds is 7. The predicted molar refractivity (Wildman–Crippen MR) is 122 cm³/mol. The molecule has 4 aromatic rings. The van der Waals surface area contributed by atoms with Crippen molar-refractivity contribution in [2.75, 3.05) is 0 Å². The van der Waals surface area contributed by atoms with Crippen LogP contribution in [0.25, 0.3) is 22.0 Å². The van der Waals surface area contributed by atoms with E-state index in [2.05, 4.69) is 83.0 Å². The largest absolute Gasteiger partial charge is 0.298 e. The van der Waals surface area contributed by atoms with E-state index in [1.54, 1.807) is 23.1 Å². The van der Waals surface area contributed by atoms with E-state index in [0.29, 0.717) is 6.54 Å². The minimum absolute atomic E-state index is 0.671. The van der Waals surface area contributed by atoms with Crippen molar-refractivity contribution < 1.29 is 0 Å². The lowest BCUT2D eigenvalue weighted by molar-refractivity contribution is 0.731. The highest BCUT2D eigenvalue weighted by Crippen LogP contribution is 2.30. The van der Waals surface area contributed by atoms with Gasteiger partial charge in [-0.1, -0.05) is 65.9 Å². The van der Waals surface area contributed by atoms with Gasteiger partial charge >= 0.3 is 0 Å². The summed E-state index contributed by atoms with van der Waals surface area (Å²) in [5, 5.41) is 13.0. The Labute approximate surface area is 179 Å². The molecule has 0 aliphatic carbocycles. The molecule has 0 atom stereocenters. The number of thioether (sulfide) groups is 1. The molecule has 2 heterocycles. The van der Waals surface area contributed by atoms with E-state index in [0.717, 1.165) is 33.0 Å². The van der Waals surface area contributed by atoms with Crippen LogP contribution in [0.2, 0.25) is 0 Å². The van der Waals surface area contributed by atoms with Gasteiger partial charge in [-0.05, 0) is 25.5 Å². The van der Waals surface area contributed by atoms with Crippen LogP contribution in [0.4, 0.5) is 0 Å². The van der Waals surface area contributed by atoms with Gasteiger partial charge in [0.15, 0.2) is 11.0 Å². The van der Waals surface area contributed by atoms with E-state index in [4.69, 9.17) is 4.98 Å². The Balaban J connectivity index is 1.55. The minimum atomic E-state index is 0.671. The second-order valence-electron chi connectivity index (χ2n) is 6.82. The molecule has 0 spiro atoms. The topological polar surface area (TPSA) is 43.6 Å². The molecule has 2 aromatic heterocycles. The van der Waals surface area contributed by atoms with Crippen LogP contribution in [0.5, 0.6) is 0 Å². The summed E-state index contributed by atoms with van der Waals surface area (Å²) in [4.78, 5) is 4.83. The lowest BCUT2D eigenvalue weighted by Crippen LogP contribution is -2.01. The Kier molecular flexibility index (Phi) is 5.92. The standard InChI is InChI=1S/C23H22N4S2/c1-4-12-27-21(18-10-7-8-16(2)13-18)25-26-23(27)29-15-19-14-28-22(24-19)20-11-6-5-9-17(20)3/h4-11,13-14H,1,12,15H2,2-3H3. The Morgan fingerprint density at radius 3 is 2.76 bits per heavy atom. The second-order valence-corrected chi connectivity index (χ2v) is 8.62. The third-order valence-electron chi connectivity index (χ3n) is 4.58. The number of thiazole rings is 1. The summed E-state index contributed by atoms with van der Waals surface area (Å²) in [6.45, 7) is 8.77. The maximum atomic E-state index is 4.83. The van der Waals surface area contributed by atoms with Gasteiger partial charge in [-0.3, -0.25) is 4.57 Å². The van der Waals surface area contributed by atoms with Crippen molar-refractivity contribution in [2.45, 2.75) is 31.3 Å². The summed E-state index contributed by atoms with van der Waals surface area (Å²) in [7, 11) is 0. The van der Waals surface area contributed by atoms with Crippen LogP contribution >= 0.6 is 23.1 Å². The van der Waals surface area contributed by atoms with Gasteiger partial charge in [0.25, 0.3) is 0 Å². The highest BCUT2D eigenvalue weighted by molar-refractivity contribution is 7.98. The number of allylic oxidation sites excluding steroid dienone is 1. The normalized spacial score (nSPS) is 11.0. The number of aromatic nitrogens is 4. The summed E-state index contributed by atoms with van der Waals surface area (Å²) < 4.78 is 2.11. The molecule has 4 rings (SSSR count). The molecule has 29 heavy (non-hydrogen) atoms. The van der Waals surface area contributed by atoms with Gasteiger partial charge in [0.2, 0.25) is 0 Å². The molecule has 0 amide bonds. The van der Waals surface area contributed by atoms with Crippen molar-refractivity contribution in [1.29, 1.82) is 0 Å². The fourth-order valence-corrected chi connectivity index (χ4v) is 4.99. The lowest BCUT2D eigenvalue weighted by Gasteiger charge is -2.08. The fourth-order valence-electron chi connectivity index (χ4n) is 3.14. The van der Waals surface area contributed by atoms with Gasteiger partial charge in [-0.15, -0.1) is 28.1 Å². The molecule has 0 unspecified atom stereocenters. The summed E-state index contributed by atoms with van der Waals surface area (Å²) in [5.74, 6) is 1.63. The lowest BCUT2D eigenvalue weighted by atomic mass is 10.1. The summed E-state index contributed by atoms with van der Waals surface area (Å²) in [6.07, 6.45) is 1.88. The van der Waals surface area contributed by atoms with Crippen LogP contribution in [0.15, 0.2) is 71.7 Å². The first kappa shape index (κ1) is 19.6. The van der Waals surface area contributed by atoms with E-state index >= 15 is 0 Å². The minimum Gasteiger partial charge on any atom is -0.298 e. The average molecular weight is 419 g/mol. The predicted octanol–water partition coefficient (Wildman–Crippen LogP) is 6.16. The number of hydrogen-bond acceptors (Lipinski definition) is 5. The van der Waals surface area contributed by atoms with E-state index in [-0.39, 0.29) is 0 Å². The van der Waals surface area contributed by atoms with Crippen LogP contribution in [-0.2, 0) is 12.3 Å². The van der Waals surface area contributed by atoms with Gasteiger partial charge in [0, 0.05) is 28.8 Å². The van der Waals surface area contributed by atoms with Crippen molar-refractivity contribution in [3.05, 3.63) is 83.4 Å². The number of nitrogens with zero attached hydrogens (tertiary/aromatic N) is 4. The number of benzene rings is 2. The third-order valence-corrected chi connectivity index (χ3v) is 6.51. The van der Waals surface area contributed by atoms with E-state index in [1.165, 1.54) is 16.7 Å². The van der Waals surface area contributed by atoms with Crippen molar-refractivity contribution in [3.8, 4) is 22.0 Å². The van der Waals surface area contributed by atoms with Gasteiger partial charge in [0.05, 0.1) is 5.69 Å².